The van der Waals surface area contributed by atoms with Gasteiger partial charge in [0.1, 0.15) is 11.3 Å². The van der Waals surface area contributed by atoms with Crippen LogP contribution in [0.15, 0.2) is 51.7 Å². The molecule has 4 rings (SSSR count). The number of nitrogens with zero attached hydrogens (tertiary/aromatic N) is 1. The van der Waals surface area contributed by atoms with E-state index < -0.39 is 0 Å². The van der Waals surface area contributed by atoms with Crippen LogP contribution in [0.5, 0.6) is 0 Å². The molecular weight excluding hydrogens is 354 g/mol. The van der Waals surface area contributed by atoms with Crippen molar-refractivity contribution in [2.45, 2.75) is 26.4 Å². The third-order valence-electron chi connectivity index (χ3n) is 5.34. The number of aryl methyl sites for hydroxylation is 2. The molecule has 0 N–H and O–H groups in total. The molecule has 28 heavy (non-hydrogen) atoms. The largest absolute Gasteiger partial charge is 0.456 e. The molecule has 0 saturated carbocycles. The molecule has 5 heteroatoms. The van der Waals surface area contributed by atoms with Crippen molar-refractivity contribution in [3.05, 3.63) is 69.4 Å². The van der Waals surface area contributed by atoms with Gasteiger partial charge in [0.25, 0.3) is 5.91 Å². The van der Waals surface area contributed by atoms with E-state index in [1.165, 1.54) is 6.07 Å². The number of ether oxygens (including phenoxy) is 1. The number of fused-ring (bicyclic) bond motifs is 1. The van der Waals surface area contributed by atoms with Gasteiger partial charge in [0, 0.05) is 37.4 Å². The van der Waals surface area contributed by atoms with Gasteiger partial charge in [0.15, 0.2) is 5.43 Å². The standard InChI is InChI=1S/C23H23NO4/c1-14-10-15(2)22-19(11-14)20(25)12-21(28-22)16-4-6-17(7-5-16)23(26)24-9-8-18(13-24)27-3/h4-7,10-12,18H,8-9,13H2,1-3H3. The van der Waals surface area contributed by atoms with E-state index in [9.17, 15) is 9.59 Å². The van der Waals surface area contributed by atoms with E-state index in [0.717, 1.165) is 23.1 Å². The fourth-order valence-corrected chi connectivity index (χ4v) is 3.82. The minimum Gasteiger partial charge on any atom is -0.456 e. The van der Waals surface area contributed by atoms with Crippen LogP contribution in [0, 0.1) is 13.8 Å². The van der Waals surface area contributed by atoms with Crippen LogP contribution in [0.1, 0.15) is 27.9 Å². The van der Waals surface area contributed by atoms with Crippen molar-refractivity contribution >= 4 is 16.9 Å². The van der Waals surface area contributed by atoms with Gasteiger partial charge < -0.3 is 14.1 Å². The fraction of sp³-hybridized carbons (Fsp3) is 0.304. The van der Waals surface area contributed by atoms with E-state index in [2.05, 4.69) is 0 Å². The molecule has 3 aromatic rings. The Hall–Kier alpha value is -2.92. The Morgan fingerprint density at radius 3 is 2.57 bits per heavy atom. The molecule has 1 aromatic heterocycles. The zero-order valence-corrected chi connectivity index (χ0v) is 16.3. The second-order valence-electron chi connectivity index (χ2n) is 7.41. The smallest absolute Gasteiger partial charge is 0.253 e. The van der Waals surface area contributed by atoms with Gasteiger partial charge in [0.2, 0.25) is 0 Å². The molecule has 2 aromatic carbocycles. The van der Waals surface area contributed by atoms with Crippen LogP contribution < -0.4 is 5.43 Å². The van der Waals surface area contributed by atoms with Gasteiger partial charge in [-0.1, -0.05) is 18.2 Å². The topological polar surface area (TPSA) is 59.8 Å². The average Bonchev–Trinajstić information content (AvgIpc) is 3.17. The molecule has 1 aliphatic heterocycles. The highest BCUT2D eigenvalue weighted by atomic mass is 16.5. The van der Waals surface area contributed by atoms with E-state index in [-0.39, 0.29) is 17.4 Å². The summed E-state index contributed by atoms with van der Waals surface area (Å²) in [6, 6.07) is 12.6. The maximum absolute atomic E-state index is 12.7. The van der Waals surface area contributed by atoms with Crippen molar-refractivity contribution in [3.8, 4) is 11.3 Å². The lowest BCUT2D eigenvalue weighted by Crippen LogP contribution is -2.29. The van der Waals surface area contributed by atoms with Crippen molar-refractivity contribution in [3.63, 3.8) is 0 Å². The fourth-order valence-electron chi connectivity index (χ4n) is 3.82. The number of benzene rings is 2. The predicted octanol–water partition coefficient (Wildman–Crippen LogP) is 3.94. The first-order chi connectivity index (χ1) is 13.5. The number of hydrogen-bond donors (Lipinski definition) is 0. The van der Waals surface area contributed by atoms with Crippen molar-refractivity contribution in [2.75, 3.05) is 20.2 Å². The number of likely N-dealkylation sites (tertiary alicyclic amines) is 1. The molecule has 0 aliphatic carbocycles. The molecule has 1 aliphatic rings. The lowest BCUT2D eigenvalue weighted by molar-refractivity contribution is 0.0724. The number of methoxy groups -OCH3 is 1. The lowest BCUT2D eigenvalue weighted by Gasteiger charge is -2.16. The molecule has 1 saturated heterocycles. The van der Waals surface area contributed by atoms with Crippen LogP contribution in [0.2, 0.25) is 0 Å². The second-order valence-corrected chi connectivity index (χ2v) is 7.41. The normalized spacial score (nSPS) is 16.7. The summed E-state index contributed by atoms with van der Waals surface area (Å²) in [7, 11) is 1.67. The van der Waals surface area contributed by atoms with Crippen LogP contribution >= 0.6 is 0 Å². The summed E-state index contributed by atoms with van der Waals surface area (Å²) < 4.78 is 11.4. The summed E-state index contributed by atoms with van der Waals surface area (Å²) in [6.07, 6.45) is 0.975. The van der Waals surface area contributed by atoms with Gasteiger partial charge in [-0.05, 0) is 49.6 Å². The number of rotatable bonds is 3. The number of hydrogen-bond acceptors (Lipinski definition) is 4. The molecule has 0 bridgehead atoms. The molecule has 1 fully saturated rings. The minimum absolute atomic E-state index is 0.00242. The molecular formula is C23H23NO4. The summed E-state index contributed by atoms with van der Waals surface area (Å²) in [4.78, 5) is 27.0. The zero-order chi connectivity index (χ0) is 19.8. The Labute approximate surface area is 163 Å². The van der Waals surface area contributed by atoms with Crippen LogP contribution in [0.4, 0.5) is 0 Å². The third kappa shape index (κ3) is 3.34. The first kappa shape index (κ1) is 18.4. The Morgan fingerprint density at radius 2 is 1.89 bits per heavy atom. The van der Waals surface area contributed by atoms with E-state index >= 15 is 0 Å². The summed E-state index contributed by atoms with van der Waals surface area (Å²) in [5.74, 6) is 0.501. The van der Waals surface area contributed by atoms with Crippen molar-refractivity contribution in [2.24, 2.45) is 0 Å². The highest BCUT2D eigenvalue weighted by molar-refractivity contribution is 5.95. The lowest BCUT2D eigenvalue weighted by atomic mass is 10.1. The average molecular weight is 377 g/mol. The maximum atomic E-state index is 12.7. The number of amides is 1. The Morgan fingerprint density at radius 1 is 1.14 bits per heavy atom. The zero-order valence-electron chi connectivity index (χ0n) is 16.3. The highest BCUT2D eigenvalue weighted by Crippen LogP contribution is 2.26. The first-order valence-corrected chi connectivity index (χ1v) is 9.44. The Balaban J connectivity index is 1.64. The van der Waals surface area contributed by atoms with Crippen LogP contribution in [0.25, 0.3) is 22.3 Å². The predicted molar refractivity (Wildman–Crippen MR) is 109 cm³/mol. The highest BCUT2D eigenvalue weighted by Gasteiger charge is 2.26. The third-order valence-corrected chi connectivity index (χ3v) is 5.34. The van der Waals surface area contributed by atoms with Crippen LogP contribution in [0.3, 0.4) is 0 Å². The maximum Gasteiger partial charge on any atom is 0.253 e. The van der Waals surface area contributed by atoms with Crippen molar-refractivity contribution in [1.82, 2.24) is 4.90 Å². The SMILES string of the molecule is COC1CCN(C(=O)c2ccc(-c3cc(=O)c4cc(C)cc(C)c4o3)cc2)C1. The van der Waals surface area contributed by atoms with Gasteiger partial charge in [-0.15, -0.1) is 0 Å². The second kappa shape index (κ2) is 7.24. The summed E-state index contributed by atoms with van der Waals surface area (Å²) in [5.41, 5.74) is 3.90. The van der Waals surface area contributed by atoms with Gasteiger partial charge >= 0.3 is 0 Å². The molecule has 144 valence electrons. The summed E-state index contributed by atoms with van der Waals surface area (Å²) >= 11 is 0. The number of carbonyl (C=O) groups is 1. The molecule has 2 heterocycles. The summed E-state index contributed by atoms with van der Waals surface area (Å²) in [5, 5.41) is 0.592. The van der Waals surface area contributed by atoms with Gasteiger partial charge in [-0.2, -0.15) is 0 Å². The molecule has 0 spiro atoms. The van der Waals surface area contributed by atoms with E-state index in [0.29, 0.717) is 35.4 Å². The van der Waals surface area contributed by atoms with E-state index in [1.807, 2.05) is 43.0 Å². The number of carbonyl (C=O) groups excluding carboxylic acids is 1. The molecule has 0 radical (unpaired) electrons. The van der Waals surface area contributed by atoms with Crippen molar-refractivity contribution < 1.29 is 13.9 Å². The van der Waals surface area contributed by atoms with Gasteiger partial charge in [-0.3, -0.25) is 9.59 Å². The van der Waals surface area contributed by atoms with Crippen LogP contribution in [-0.2, 0) is 4.74 Å². The molecule has 1 amide bonds. The summed E-state index contributed by atoms with van der Waals surface area (Å²) in [6.45, 7) is 5.23. The van der Waals surface area contributed by atoms with Crippen molar-refractivity contribution in [1.29, 1.82) is 0 Å². The van der Waals surface area contributed by atoms with E-state index in [1.54, 1.807) is 19.2 Å². The quantitative estimate of drug-likeness (QED) is 0.694. The Kier molecular flexibility index (Phi) is 4.77. The van der Waals surface area contributed by atoms with E-state index in [4.69, 9.17) is 9.15 Å². The van der Waals surface area contributed by atoms with Crippen LogP contribution in [-0.4, -0.2) is 37.1 Å². The molecule has 1 atom stereocenters. The molecule has 1 unspecified atom stereocenters. The first-order valence-electron chi connectivity index (χ1n) is 9.44. The Bertz CT molecular complexity index is 1100. The van der Waals surface area contributed by atoms with Gasteiger partial charge in [0.05, 0.1) is 11.5 Å². The monoisotopic (exact) mass is 377 g/mol. The van der Waals surface area contributed by atoms with Gasteiger partial charge in [-0.25, -0.2) is 0 Å². The molecule has 5 nitrogen and oxygen atoms in total. The minimum atomic E-state index is -0.0640.